The summed E-state index contributed by atoms with van der Waals surface area (Å²) in [6.07, 6.45) is 0. The van der Waals surface area contributed by atoms with E-state index in [1.54, 1.807) is 11.8 Å². The Hall–Kier alpha value is -1.84. The molecule has 1 aliphatic heterocycles. The van der Waals surface area contributed by atoms with E-state index in [2.05, 4.69) is 5.32 Å². The van der Waals surface area contributed by atoms with Crippen LogP contribution in [0.15, 0.2) is 30.3 Å². The third kappa shape index (κ3) is 2.35. The molecule has 0 spiro atoms. The molecule has 2 rings (SSSR count). The van der Waals surface area contributed by atoms with Gasteiger partial charge in [-0.2, -0.15) is 0 Å². The van der Waals surface area contributed by atoms with Crippen molar-refractivity contribution < 1.29 is 9.59 Å². The molecule has 1 atom stereocenters. The van der Waals surface area contributed by atoms with Crippen molar-refractivity contribution in [2.75, 3.05) is 6.54 Å². The van der Waals surface area contributed by atoms with E-state index in [0.29, 0.717) is 0 Å². The van der Waals surface area contributed by atoms with Gasteiger partial charge in [-0.15, -0.1) is 0 Å². The lowest BCUT2D eigenvalue weighted by molar-refractivity contribution is -0.154. The van der Waals surface area contributed by atoms with E-state index in [1.807, 2.05) is 51.1 Å². The predicted octanol–water partition coefficient (Wildman–Crippen LogP) is 1.66. The van der Waals surface area contributed by atoms with E-state index in [-0.39, 0.29) is 23.9 Å². The fourth-order valence-electron chi connectivity index (χ4n) is 2.37. The van der Waals surface area contributed by atoms with Crippen molar-refractivity contribution in [2.24, 2.45) is 0 Å². The molecule has 4 nitrogen and oxygen atoms in total. The molecule has 2 amide bonds. The van der Waals surface area contributed by atoms with Gasteiger partial charge in [0.15, 0.2) is 0 Å². The van der Waals surface area contributed by atoms with E-state index in [4.69, 9.17) is 0 Å². The highest BCUT2D eigenvalue weighted by Crippen LogP contribution is 2.29. The Balaban J connectivity index is 2.45. The molecule has 102 valence electrons. The van der Waals surface area contributed by atoms with Gasteiger partial charge in [0.25, 0.3) is 5.91 Å². The summed E-state index contributed by atoms with van der Waals surface area (Å²) >= 11 is 0. The summed E-state index contributed by atoms with van der Waals surface area (Å²) in [4.78, 5) is 26.3. The Kier molecular flexibility index (Phi) is 3.12. The Morgan fingerprint density at radius 1 is 1.16 bits per heavy atom. The number of carbonyl (C=O) groups excluding carboxylic acids is 2. The third-order valence-electron chi connectivity index (χ3n) is 3.52. The summed E-state index contributed by atoms with van der Waals surface area (Å²) in [7, 11) is 0. The zero-order valence-electron chi connectivity index (χ0n) is 11.9. The first-order valence-corrected chi connectivity index (χ1v) is 6.44. The first-order valence-electron chi connectivity index (χ1n) is 6.44. The van der Waals surface area contributed by atoms with E-state index < -0.39 is 5.54 Å². The van der Waals surface area contributed by atoms with E-state index in [0.717, 1.165) is 5.56 Å². The maximum atomic E-state index is 12.8. The summed E-state index contributed by atoms with van der Waals surface area (Å²) < 4.78 is 0. The standard InChI is InChI=1S/C15H20N2O2/c1-14(2,3)17-10-12(18)16-15(4,13(17)19)11-8-6-5-7-9-11/h5-9H,10H2,1-4H3,(H,16,18). The van der Waals surface area contributed by atoms with Gasteiger partial charge in [0.05, 0.1) is 0 Å². The average Bonchev–Trinajstić information content (AvgIpc) is 2.33. The topological polar surface area (TPSA) is 49.4 Å². The molecular weight excluding hydrogens is 240 g/mol. The fourth-order valence-corrected chi connectivity index (χ4v) is 2.37. The molecule has 1 unspecified atom stereocenters. The first-order chi connectivity index (χ1) is 8.75. The molecule has 1 fully saturated rings. The maximum absolute atomic E-state index is 12.8. The molecule has 1 aromatic carbocycles. The summed E-state index contributed by atoms with van der Waals surface area (Å²) in [5.41, 5.74) is -0.545. The van der Waals surface area contributed by atoms with Crippen molar-refractivity contribution >= 4 is 11.8 Å². The van der Waals surface area contributed by atoms with Crippen LogP contribution in [0.1, 0.15) is 33.3 Å². The van der Waals surface area contributed by atoms with E-state index >= 15 is 0 Å². The van der Waals surface area contributed by atoms with Crippen LogP contribution in [0.4, 0.5) is 0 Å². The lowest BCUT2D eigenvalue weighted by atomic mass is 9.86. The second-order valence-corrected chi connectivity index (χ2v) is 6.10. The summed E-state index contributed by atoms with van der Waals surface area (Å²) in [6, 6.07) is 9.37. The van der Waals surface area contributed by atoms with Crippen molar-refractivity contribution in [2.45, 2.75) is 38.8 Å². The molecular formula is C15H20N2O2. The average molecular weight is 260 g/mol. The van der Waals surface area contributed by atoms with Crippen molar-refractivity contribution in [3.8, 4) is 0 Å². The number of nitrogens with one attached hydrogen (secondary N) is 1. The van der Waals surface area contributed by atoms with Gasteiger partial charge in [0, 0.05) is 5.54 Å². The van der Waals surface area contributed by atoms with Crippen LogP contribution in [0, 0.1) is 0 Å². The highest BCUT2D eigenvalue weighted by Gasteiger charge is 2.47. The van der Waals surface area contributed by atoms with Gasteiger partial charge in [0.2, 0.25) is 5.91 Å². The number of nitrogens with zero attached hydrogens (tertiary/aromatic N) is 1. The maximum Gasteiger partial charge on any atom is 0.253 e. The lowest BCUT2D eigenvalue weighted by Gasteiger charge is -2.45. The van der Waals surface area contributed by atoms with Gasteiger partial charge in [-0.3, -0.25) is 9.59 Å². The second kappa shape index (κ2) is 4.37. The molecule has 0 bridgehead atoms. The van der Waals surface area contributed by atoms with Gasteiger partial charge in [-0.05, 0) is 33.3 Å². The zero-order valence-corrected chi connectivity index (χ0v) is 11.9. The van der Waals surface area contributed by atoms with E-state index in [1.165, 1.54) is 0 Å². The molecule has 1 saturated heterocycles. The van der Waals surface area contributed by atoms with Crippen LogP contribution in [0.25, 0.3) is 0 Å². The van der Waals surface area contributed by atoms with Crippen LogP contribution in [0.3, 0.4) is 0 Å². The molecule has 0 radical (unpaired) electrons. The molecule has 1 aromatic rings. The Morgan fingerprint density at radius 3 is 2.26 bits per heavy atom. The minimum atomic E-state index is -0.982. The number of carbonyl (C=O) groups is 2. The number of hydrogen-bond acceptors (Lipinski definition) is 2. The molecule has 1 N–H and O–H groups in total. The summed E-state index contributed by atoms with van der Waals surface area (Å²) in [5, 5.41) is 2.83. The van der Waals surface area contributed by atoms with Gasteiger partial charge in [0.1, 0.15) is 12.1 Å². The van der Waals surface area contributed by atoms with Crippen molar-refractivity contribution in [3.05, 3.63) is 35.9 Å². The van der Waals surface area contributed by atoms with Crippen molar-refractivity contribution in [1.29, 1.82) is 0 Å². The molecule has 19 heavy (non-hydrogen) atoms. The Bertz CT molecular complexity index is 505. The lowest BCUT2D eigenvalue weighted by Crippen LogP contribution is -2.67. The molecule has 0 saturated carbocycles. The van der Waals surface area contributed by atoms with Crippen LogP contribution < -0.4 is 5.32 Å². The summed E-state index contributed by atoms with van der Waals surface area (Å²) in [6.45, 7) is 7.70. The van der Waals surface area contributed by atoms with Crippen LogP contribution in [-0.2, 0) is 15.1 Å². The largest absolute Gasteiger partial charge is 0.337 e. The smallest absolute Gasteiger partial charge is 0.253 e. The van der Waals surface area contributed by atoms with Crippen LogP contribution >= 0.6 is 0 Å². The molecule has 4 heteroatoms. The van der Waals surface area contributed by atoms with Gasteiger partial charge >= 0.3 is 0 Å². The fraction of sp³-hybridized carbons (Fsp3) is 0.467. The normalized spacial score (nSPS) is 24.3. The number of amides is 2. The zero-order chi connectivity index (χ0) is 14.3. The van der Waals surface area contributed by atoms with Crippen molar-refractivity contribution in [1.82, 2.24) is 10.2 Å². The first kappa shape index (κ1) is 13.6. The second-order valence-electron chi connectivity index (χ2n) is 6.10. The van der Waals surface area contributed by atoms with Crippen molar-refractivity contribution in [3.63, 3.8) is 0 Å². The highest BCUT2D eigenvalue weighted by molar-refractivity contribution is 5.98. The number of hydrogen-bond donors (Lipinski definition) is 1. The SMILES string of the molecule is CC1(c2ccccc2)NC(=O)CN(C(C)(C)C)C1=O. The predicted molar refractivity (Wildman–Crippen MR) is 73.4 cm³/mol. The molecule has 0 aromatic heterocycles. The molecule has 0 aliphatic carbocycles. The van der Waals surface area contributed by atoms with E-state index in [9.17, 15) is 9.59 Å². The number of rotatable bonds is 1. The van der Waals surface area contributed by atoms with Gasteiger partial charge < -0.3 is 10.2 Å². The monoisotopic (exact) mass is 260 g/mol. The third-order valence-corrected chi connectivity index (χ3v) is 3.52. The minimum absolute atomic E-state index is 0.0641. The van der Waals surface area contributed by atoms with Gasteiger partial charge in [-0.1, -0.05) is 30.3 Å². The molecule has 1 heterocycles. The highest BCUT2D eigenvalue weighted by atomic mass is 16.2. The summed E-state index contributed by atoms with van der Waals surface area (Å²) in [5.74, 6) is -0.188. The number of piperazine rings is 1. The number of benzene rings is 1. The van der Waals surface area contributed by atoms with Gasteiger partial charge in [-0.25, -0.2) is 0 Å². The van der Waals surface area contributed by atoms with Crippen LogP contribution in [0.5, 0.6) is 0 Å². The van der Waals surface area contributed by atoms with Crippen LogP contribution in [-0.4, -0.2) is 28.8 Å². The van der Waals surface area contributed by atoms with Crippen LogP contribution in [0.2, 0.25) is 0 Å². The Morgan fingerprint density at radius 2 is 1.74 bits per heavy atom. The molecule has 1 aliphatic rings. The minimum Gasteiger partial charge on any atom is -0.337 e. The quantitative estimate of drug-likeness (QED) is 0.835. The Labute approximate surface area is 113 Å².